The van der Waals surface area contributed by atoms with Crippen LogP contribution in [0.5, 0.6) is 0 Å². The van der Waals surface area contributed by atoms with Crippen LogP contribution in [-0.4, -0.2) is 43.8 Å². The Labute approximate surface area is 285 Å². The number of rotatable bonds is 12. The number of sulfonamides is 1. The molecule has 1 aliphatic rings. The van der Waals surface area contributed by atoms with Gasteiger partial charge in [0, 0.05) is 24.6 Å². The van der Waals surface area contributed by atoms with Gasteiger partial charge in [-0.3, -0.25) is 13.9 Å². The summed E-state index contributed by atoms with van der Waals surface area (Å²) in [6, 6.07) is 26.3. The van der Waals surface area contributed by atoms with E-state index in [-0.39, 0.29) is 51.1 Å². The number of nitrogens with zero attached hydrogens (tertiary/aromatic N) is 2. The summed E-state index contributed by atoms with van der Waals surface area (Å²) in [5.41, 5.74) is 0.963. The molecule has 1 N–H and O–H groups in total. The van der Waals surface area contributed by atoms with Gasteiger partial charge < -0.3 is 10.2 Å². The van der Waals surface area contributed by atoms with Crippen molar-refractivity contribution < 1.29 is 22.4 Å². The Morgan fingerprint density at radius 1 is 0.830 bits per heavy atom. The van der Waals surface area contributed by atoms with Gasteiger partial charge in [0.25, 0.3) is 10.0 Å². The predicted octanol–water partition coefficient (Wildman–Crippen LogP) is 7.42. The first-order chi connectivity index (χ1) is 22.6. The van der Waals surface area contributed by atoms with Crippen LogP contribution >= 0.6 is 23.2 Å². The van der Waals surface area contributed by atoms with Gasteiger partial charge in [0.05, 0.1) is 20.6 Å². The molecular weight excluding hydrogens is 660 g/mol. The molecule has 1 saturated carbocycles. The van der Waals surface area contributed by atoms with Crippen molar-refractivity contribution in [3.63, 3.8) is 0 Å². The molecule has 4 aromatic rings. The molecule has 0 heterocycles. The third-order valence-electron chi connectivity index (χ3n) is 8.33. The molecule has 47 heavy (non-hydrogen) atoms. The molecule has 0 unspecified atom stereocenters. The third-order valence-corrected chi connectivity index (χ3v) is 10.9. The zero-order chi connectivity index (χ0) is 33.4. The first kappa shape index (κ1) is 34.4. The molecule has 0 aliphatic heterocycles. The van der Waals surface area contributed by atoms with Crippen LogP contribution in [0.25, 0.3) is 0 Å². The van der Waals surface area contributed by atoms with Gasteiger partial charge in [0.1, 0.15) is 18.4 Å². The Morgan fingerprint density at radius 2 is 1.47 bits per heavy atom. The van der Waals surface area contributed by atoms with E-state index in [1.165, 1.54) is 47.4 Å². The van der Waals surface area contributed by atoms with Crippen molar-refractivity contribution in [2.75, 3.05) is 10.8 Å². The molecule has 1 atom stereocenters. The summed E-state index contributed by atoms with van der Waals surface area (Å²) < 4.78 is 44.3. The molecule has 0 saturated heterocycles. The van der Waals surface area contributed by atoms with E-state index in [9.17, 15) is 18.0 Å². The number of hydrogen-bond acceptors (Lipinski definition) is 4. The molecular formula is C36H36Cl2FN3O4S. The van der Waals surface area contributed by atoms with Crippen molar-refractivity contribution >= 4 is 50.7 Å². The summed E-state index contributed by atoms with van der Waals surface area (Å²) >= 11 is 12.9. The van der Waals surface area contributed by atoms with Crippen LogP contribution in [0, 0.1) is 5.82 Å². The second-order valence-corrected chi connectivity index (χ2v) is 14.2. The maximum atomic E-state index is 15.1. The number of carbonyl (C=O) groups excluding carboxylic acids is 2. The number of anilines is 1. The van der Waals surface area contributed by atoms with Gasteiger partial charge in [0.15, 0.2) is 0 Å². The number of halogens is 3. The van der Waals surface area contributed by atoms with E-state index >= 15 is 4.39 Å². The number of benzene rings is 4. The van der Waals surface area contributed by atoms with E-state index in [4.69, 9.17) is 23.2 Å². The quantitative estimate of drug-likeness (QED) is 0.167. The standard InChI is InChI=1S/C36H36Cl2FN3O4S/c37-30-20-12-22-32(35(30)38)42(47(45,46)29-18-8-3-9-19-29)25-34(43)41(24-27-15-10-11-21-31(27)39)33(23-26-13-4-1-5-14-26)36(44)40-28-16-6-2-7-17-28/h1,3-5,8-15,18-22,28,33H,2,6-7,16-17,23-25H2,(H,40,44)/t33-/m1/s1. The molecule has 2 amide bonds. The lowest BCUT2D eigenvalue weighted by molar-refractivity contribution is -0.140. The highest BCUT2D eigenvalue weighted by Crippen LogP contribution is 2.35. The van der Waals surface area contributed by atoms with Crippen LogP contribution in [-0.2, 0) is 32.6 Å². The fourth-order valence-electron chi connectivity index (χ4n) is 5.83. The van der Waals surface area contributed by atoms with Gasteiger partial charge in [-0.2, -0.15) is 0 Å². The number of carbonyl (C=O) groups is 2. The van der Waals surface area contributed by atoms with Crippen molar-refractivity contribution in [2.45, 2.75) is 62.0 Å². The van der Waals surface area contributed by atoms with Crippen molar-refractivity contribution in [2.24, 2.45) is 0 Å². The van der Waals surface area contributed by atoms with Crippen LogP contribution < -0.4 is 9.62 Å². The van der Waals surface area contributed by atoms with Gasteiger partial charge in [-0.25, -0.2) is 12.8 Å². The third kappa shape index (κ3) is 8.52. The molecule has 7 nitrogen and oxygen atoms in total. The fraction of sp³-hybridized carbons (Fsp3) is 0.278. The minimum atomic E-state index is -4.36. The normalized spacial score (nSPS) is 14.3. The predicted molar refractivity (Wildman–Crippen MR) is 183 cm³/mol. The van der Waals surface area contributed by atoms with Crippen LogP contribution in [0.1, 0.15) is 43.2 Å². The monoisotopic (exact) mass is 695 g/mol. The van der Waals surface area contributed by atoms with E-state index < -0.39 is 34.3 Å². The Hall–Kier alpha value is -3.92. The second kappa shape index (κ2) is 15.8. The molecule has 1 aliphatic carbocycles. The smallest absolute Gasteiger partial charge is 0.264 e. The molecule has 11 heteroatoms. The first-order valence-corrected chi connectivity index (χ1v) is 17.7. The number of hydrogen-bond donors (Lipinski definition) is 1. The molecule has 0 radical (unpaired) electrons. The summed E-state index contributed by atoms with van der Waals surface area (Å²) in [6.07, 6.45) is 4.83. The Bertz CT molecular complexity index is 1790. The summed E-state index contributed by atoms with van der Waals surface area (Å²) in [4.78, 5) is 29.9. The molecule has 4 aromatic carbocycles. The largest absolute Gasteiger partial charge is 0.352 e. The highest BCUT2D eigenvalue weighted by atomic mass is 35.5. The van der Waals surface area contributed by atoms with Crippen molar-refractivity contribution in [1.82, 2.24) is 10.2 Å². The SMILES string of the molecule is O=C(NC1CCCCC1)[C@@H](Cc1ccccc1)N(Cc1ccccc1F)C(=O)CN(c1cccc(Cl)c1Cl)S(=O)(=O)c1ccccc1. The van der Waals surface area contributed by atoms with Crippen LogP contribution in [0.3, 0.4) is 0 Å². The maximum absolute atomic E-state index is 15.1. The van der Waals surface area contributed by atoms with Crippen LogP contribution in [0.4, 0.5) is 10.1 Å². The van der Waals surface area contributed by atoms with Crippen molar-refractivity contribution in [1.29, 1.82) is 0 Å². The Kier molecular flexibility index (Phi) is 11.6. The van der Waals surface area contributed by atoms with E-state index in [0.29, 0.717) is 0 Å². The average Bonchev–Trinajstić information content (AvgIpc) is 3.08. The molecule has 0 bridgehead atoms. The zero-order valence-corrected chi connectivity index (χ0v) is 28.0. The summed E-state index contributed by atoms with van der Waals surface area (Å²) in [5.74, 6) is -1.66. The fourth-order valence-corrected chi connectivity index (χ4v) is 7.72. The number of nitrogens with one attached hydrogen (secondary N) is 1. The minimum absolute atomic E-state index is 0.00604. The second-order valence-electron chi connectivity index (χ2n) is 11.6. The molecule has 0 spiro atoms. The van der Waals surface area contributed by atoms with Gasteiger partial charge in [-0.15, -0.1) is 0 Å². The lowest BCUT2D eigenvalue weighted by atomic mass is 9.94. The van der Waals surface area contributed by atoms with E-state index in [2.05, 4.69) is 5.32 Å². The van der Waals surface area contributed by atoms with E-state index in [1.54, 1.807) is 30.3 Å². The van der Waals surface area contributed by atoms with Gasteiger partial charge in [-0.05, 0) is 48.7 Å². The van der Waals surface area contributed by atoms with Crippen molar-refractivity contribution in [3.05, 3.63) is 130 Å². The minimum Gasteiger partial charge on any atom is -0.352 e. The topological polar surface area (TPSA) is 86.8 Å². The zero-order valence-electron chi connectivity index (χ0n) is 25.7. The summed E-state index contributed by atoms with van der Waals surface area (Å²) in [5, 5.41) is 3.18. The Balaban J connectivity index is 1.59. The summed E-state index contributed by atoms with van der Waals surface area (Å²) in [7, 11) is -4.36. The van der Waals surface area contributed by atoms with Crippen LogP contribution in [0.15, 0.2) is 108 Å². The van der Waals surface area contributed by atoms with Gasteiger partial charge >= 0.3 is 0 Å². The molecule has 246 valence electrons. The lowest BCUT2D eigenvalue weighted by Gasteiger charge is -2.35. The van der Waals surface area contributed by atoms with E-state index in [0.717, 1.165) is 42.0 Å². The lowest BCUT2D eigenvalue weighted by Crippen LogP contribution is -2.55. The molecule has 5 rings (SSSR count). The Morgan fingerprint density at radius 3 is 2.15 bits per heavy atom. The highest BCUT2D eigenvalue weighted by Gasteiger charge is 2.36. The van der Waals surface area contributed by atoms with Crippen molar-refractivity contribution in [3.8, 4) is 0 Å². The summed E-state index contributed by atoms with van der Waals surface area (Å²) in [6.45, 7) is -1.00. The maximum Gasteiger partial charge on any atom is 0.264 e. The molecule has 1 fully saturated rings. The highest BCUT2D eigenvalue weighted by molar-refractivity contribution is 7.92. The first-order valence-electron chi connectivity index (χ1n) is 15.5. The average molecular weight is 697 g/mol. The van der Waals surface area contributed by atoms with E-state index in [1.807, 2.05) is 30.3 Å². The molecule has 0 aromatic heterocycles. The van der Waals surface area contributed by atoms with Crippen LogP contribution in [0.2, 0.25) is 10.0 Å². The number of amides is 2. The van der Waals surface area contributed by atoms with Gasteiger partial charge in [0.2, 0.25) is 11.8 Å². The van der Waals surface area contributed by atoms with Gasteiger partial charge in [-0.1, -0.05) is 115 Å².